The van der Waals surface area contributed by atoms with Gasteiger partial charge in [-0.2, -0.15) is 4.31 Å². The number of rotatable bonds is 9. The van der Waals surface area contributed by atoms with Crippen molar-refractivity contribution < 1.29 is 41.4 Å². The molecule has 47 heavy (non-hydrogen) atoms. The van der Waals surface area contributed by atoms with E-state index < -0.39 is 61.9 Å². The van der Waals surface area contributed by atoms with Gasteiger partial charge >= 0.3 is 0 Å². The second-order valence-corrected chi connectivity index (χ2v) is 15.6. The molecule has 3 aromatic rings. The molecule has 1 aliphatic carbocycles. The Kier molecular flexibility index (Phi) is 8.72. The highest BCUT2D eigenvalue weighted by Gasteiger charge is 2.44. The molecule has 2 aliphatic heterocycles. The lowest BCUT2D eigenvalue weighted by Crippen LogP contribution is -2.50. The smallest absolute Gasteiger partial charge is 0.269 e. The van der Waals surface area contributed by atoms with E-state index in [1.165, 1.54) is 58.9 Å². The molecule has 3 amide bonds. The quantitative estimate of drug-likeness (QED) is 0.286. The molecular formula is C32H34N4O9S2. The molecular weight excluding hydrogens is 649 g/mol. The lowest BCUT2D eigenvalue weighted by Gasteiger charge is -2.33. The summed E-state index contributed by atoms with van der Waals surface area (Å²) in [6.45, 7) is -0.215. The summed E-state index contributed by atoms with van der Waals surface area (Å²) in [6.07, 6.45) is 4.66. The number of benzene rings is 3. The van der Waals surface area contributed by atoms with Gasteiger partial charge in [0.05, 0.1) is 10.5 Å². The maximum atomic E-state index is 14.3. The Bertz CT molecular complexity index is 1940. The summed E-state index contributed by atoms with van der Waals surface area (Å²) in [4.78, 5) is 42.4. The highest BCUT2D eigenvalue weighted by atomic mass is 32.2. The van der Waals surface area contributed by atoms with E-state index in [0.29, 0.717) is 30.2 Å². The molecule has 1 saturated carbocycles. The van der Waals surface area contributed by atoms with Crippen molar-refractivity contribution in [3.8, 4) is 11.5 Å². The summed E-state index contributed by atoms with van der Waals surface area (Å²) in [5.74, 6) is -3.56. The first-order valence-corrected chi connectivity index (χ1v) is 18.2. The Morgan fingerprint density at radius 1 is 0.915 bits per heavy atom. The van der Waals surface area contributed by atoms with Gasteiger partial charge < -0.3 is 15.5 Å². The number of anilines is 1. The summed E-state index contributed by atoms with van der Waals surface area (Å²) in [7, 11) is -8.24. The number of carbonyl (C=O) groups excluding carboxylic acids is 3. The molecule has 2 heterocycles. The fourth-order valence-electron chi connectivity index (χ4n) is 6.36. The molecule has 1 atom stereocenters. The summed E-state index contributed by atoms with van der Waals surface area (Å²) in [5.41, 5.74) is 0.0233. The average Bonchev–Trinajstić information content (AvgIpc) is 3.82. The van der Waals surface area contributed by atoms with Crippen molar-refractivity contribution in [1.82, 2.24) is 13.9 Å². The van der Waals surface area contributed by atoms with E-state index in [2.05, 4.69) is 5.32 Å². The number of aromatic hydroxyl groups is 2. The Morgan fingerprint density at radius 3 is 2.21 bits per heavy atom. The molecule has 6 rings (SSSR count). The van der Waals surface area contributed by atoms with Crippen molar-refractivity contribution in [2.24, 2.45) is 0 Å². The standard InChI is InChI=1S/C32H34N4O9S2/c37-26-16-11-21(19-27(26)38)30(31(40)33-22-7-1-2-8-22)36(23-12-14-24(15-13-23)46(42,43)34-17-5-6-18-34)29(39)20-35-32(41)25-9-3-4-10-28(25)47(35,44)45/h3-4,9-16,19,22,30,37-38H,1-2,5-8,17-18,20H2,(H,33,40)/t30-/m0/s1. The summed E-state index contributed by atoms with van der Waals surface area (Å²) < 4.78 is 55.0. The maximum Gasteiger partial charge on any atom is 0.269 e. The first-order valence-electron chi connectivity index (χ1n) is 15.3. The molecule has 248 valence electrons. The van der Waals surface area contributed by atoms with Crippen LogP contribution in [0, 0.1) is 0 Å². The minimum absolute atomic E-state index is 0.0301. The van der Waals surface area contributed by atoms with Gasteiger partial charge in [-0.15, -0.1) is 0 Å². The van der Waals surface area contributed by atoms with Crippen LogP contribution in [0.25, 0.3) is 0 Å². The van der Waals surface area contributed by atoms with Crippen molar-refractivity contribution in [3.63, 3.8) is 0 Å². The van der Waals surface area contributed by atoms with Crippen LogP contribution < -0.4 is 10.2 Å². The topological polar surface area (TPSA) is 182 Å². The molecule has 15 heteroatoms. The minimum atomic E-state index is -4.41. The number of phenols is 2. The van der Waals surface area contributed by atoms with Gasteiger partial charge in [-0.1, -0.05) is 31.0 Å². The van der Waals surface area contributed by atoms with Crippen molar-refractivity contribution in [3.05, 3.63) is 77.9 Å². The number of phenolic OH excluding ortho intramolecular Hbond substituents is 2. The number of nitrogens with zero attached hydrogens (tertiary/aromatic N) is 3. The molecule has 0 bridgehead atoms. The summed E-state index contributed by atoms with van der Waals surface area (Å²) in [5, 5.41) is 23.3. The minimum Gasteiger partial charge on any atom is -0.504 e. The third kappa shape index (κ3) is 6.05. The van der Waals surface area contributed by atoms with Crippen LogP contribution in [-0.4, -0.2) is 79.1 Å². The normalized spacial score (nSPS) is 18.6. The zero-order chi connectivity index (χ0) is 33.5. The van der Waals surface area contributed by atoms with E-state index in [1.807, 2.05) is 0 Å². The molecule has 0 radical (unpaired) electrons. The van der Waals surface area contributed by atoms with E-state index in [4.69, 9.17) is 0 Å². The van der Waals surface area contributed by atoms with Gasteiger partial charge in [0, 0.05) is 24.8 Å². The molecule has 3 aromatic carbocycles. The van der Waals surface area contributed by atoms with Crippen molar-refractivity contribution in [2.45, 2.75) is 60.4 Å². The highest BCUT2D eigenvalue weighted by molar-refractivity contribution is 7.90. The van der Waals surface area contributed by atoms with Gasteiger partial charge in [0.25, 0.3) is 15.9 Å². The lowest BCUT2D eigenvalue weighted by atomic mass is 10.0. The summed E-state index contributed by atoms with van der Waals surface area (Å²) in [6, 6.07) is 12.8. The fourth-order valence-corrected chi connectivity index (χ4v) is 9.39. The third-order valence-electron chi connectivity index (χ3n) is 8.80. The van der Waals surface area contributed by atoms with Gasteiger partial charge in [-0.05, 0) is 79.8 Å². The second-order valence-electron chi connectivity index (χ2n) is 11.8. The molecule has 0 aromatic heterocycles. The Labute approximate surface area is 272 Å². The number of carbonyl (C=O) groups is 3. The molecule has 3 N–H and O–H groups in total. The fraction of sp³-hybridized carbons (Fsp3) is 0.344. The van der Waals surface area contributed by atoms with Gasteiger partial charge in [0.1, 0.15) is 17.5 Å². The molecule has 3 aliphatic rings. The third-order valence-corrected chi connectivity index (χ3v) is 12.5. The first-order chi connectivity index (χ1) is 22.4. The predicted octanol–water partition coefficient (Wildman–Crippen LogP) is 2.86. The zero-order valence-corrected chi connectivity index (χ0v) is 26.9. The number of hydrogen-bond donors (Lipinski definition) is 3. The van der Waals surface area contributed by atoms with Crippen LogP contribution in [0.15, 0.2) is 76.5 Å². The van der Waals surface area contributed by atoms with Crippen LogP contribution in [0.1, 0.15) is 60.5 Å². The van der Waals surface area contributed by atoms with Crippen LogP contribution in [0.5, 0.6) is 11.5 Å². The first kappa shape index (κ1) is 32.5. The predicted molar refractivity (Wildman–Crippen MR) is 169 cm³/mol. The van der Waals surface area contributed by atoms with E-state index in [9.17, 15) is 41.4 Å². The van der Waals surface area contributed by atoms with E-state index in [0.717, 1.165) is 42.7 Å². The molecule has 0 spiro atoms. The van der Waals surface area contributed by atoms with Crippen molar-refractivity contribution in [1.29, 1.82) is 0 Å². The maximum absolute atomic E-state index is 14.3. The highest BCUT2D eigenvalue weighted by Crippen LogP contribution is 2.36. The van der Waals surface area contributed by atoms with E-state index in [1.54, 1.807) is 0 Å². The van der Waals surface area contributed by atoms with Crippen LogP contribution in [0.3, 0.4) is 0 Å². The van der Waals surface area contributed by atoms with Gasteiger partial charge in [0.2, 0.25) is 21.8 Å². The largest absolute Gasteiger partial charge is 0.504 e. The van der Waals surface area contributed by atoms with E-state index in [-0.39, 0.29) is 32.6 Å². The van der Waals surface area contributed by atoms with Crippen molar-refractivity contribution in [2.75, 3.05) is 24.5 Å². The van der Waals surface area contributed by atoms with Crippen LogP contribution in [-0.2, 0) is 29.6 Å². The number of hydrogen-bond acceptors (Lipinski definition) is 9. The monoisotopic (exact) mass is 682 g/mol. The molecule has 0 unspecified atom stereocenters. The van der Waals surface area contributed by atoms with Gasteiger partial charge in [-0.3, -0.25) is 19.3 Å². The lowest BCUT2D eigenvalue weighted by molar-refractivity contribution is -0.127. The number of amides is 3. The molecule has 13 nitrogen and oxygen atoms in total. The Hall–Kier alpha value is -4.47. The molecule has 2 fully saturated rings. The number of fused-ring (bicyclic) bond motifs is 1. The Balaban J connectivity index is 1.43. The van der Waals surface area contributed by atoms with Crippen LogP contribution in [0.4, 0.5) is 5.69 Å². The average molecular weight is 683 g/mol. The van der Waals surface area contributed by atoms with Crippen LogP contribution in [0.2, 0.25) is 0 Å². The molecule has 1 saturated heterocycles. The number of nitrogens with one attached hydrogen (secondary N) is 1. The Morgan fingerprint density at radius 2 is 1.57 bits per heavy atom. The van der Waals surface area contributed by atoms with Gasteiger partial charge in [0.15, 0.2) is 11.5 Å². The SMILES string of the molecule is O=C(NC1CCCC1)[C@H](c1ccc(O)c(O)c1)N(C(=O)CN1C(=O)c2ccccc2S1(=O)=O)c1ccc(S(=O)(=O)N2CCCC2)cc1. The van der Waals surface area contributed by atoms with E-state index >= 15 is 0 Å². The number of sulfonamides is 2. The van der Waals surface area contributed by atoms with Gasteiger partial charge in [-0.25, -0.2) is 21.1 Å². The van der Waals surface area contributed by atoms with Crippen molar-refractivity contribution >= 4 is 43.5 Å². The van der Waals surface area contributed by atoms with Crippen LogP contribution >= 0.6 is 0 Å². The zero-order valence-electron chi connectivity index (χ0n) is 25.3. The summed E-state index contributed by atoms with van der Waals surface area (Å²) >= 11 is 0. The second kappa shape index (κ2) is 12.6.